The van der Waals surface area contributed by atoms with Crippen molar-refractivity contribution in [1.82, 2.24) is 15.0 Å². The largest absolute Gasteiger partial charge is 0.348 e. The maximum atomic E-state index is 12.1. The van der Waals surface area contributed by atoms with Crippen LogP contribution in [0.3, 0.4) is 0 Å². The average Bonchev–Trinajstić information content (AvgIpc) is 2.75. The van der Waals surface area contributed by atoms with E-state index in [1.165, 1.54) is 6.33 Å². The summed E-state index contributed by atoms with van der Waals surface area (Å²) in [6.45, 7) is 5.29. The van der Waals surface area contributed by atoms with Crippen LogP contribution in [0.15, 0.2) is 23.5 Å². The van der Waals surface area contributed by atoms with E-state index in [1.807, 2.05) is 13.8 Å². The third-order valence-corrected chi connectivity index (χ3v) is 4.50. The highest BCUT2D eigenvalue weighted by atomic mass is 32.2. The van der Waals surface area contributed by atoms with Crippen molar-refractivity contribution in [3.63, 3.8) is 0 Å². The summed E-state index contributed by atoms with van der Waals surface area (Å²) in [5, 5.41) is 0. The first-order valence-corrected chi connectivity index (χ1v) is 7.30. The Hall–Kier alpha value is -1.69. The van der Waals surface area contributed by atoms with Gasteiger partial charge in [0.1, 0.15) is 11.4 Å². The molecule has 0 fully saturated rings. The van der Waals surface area contributed by atoms with Gasteiger partial charge in [-0.3, -0.25) is 4.98 Å². The number of hydrogen-bond acceptors (Lipinski definition) is 4. The monoisotopic (exact) mass is 265 g/mol. The number of sulfone groups is 1. The van der Waals surface area contributed by atoms with E-state index < -0.39 is 9.84 Å². The summed E-state index contributed by atoms with van der Waals surface area (Å²) in [5.74, 6) is 0.0502. The lowest BCUT2D eigenvalue weighted by molar-refractivity contribution is 0.597. The predicted octanol–water partition coefficient (Wildman–Crippen LogP) is 1.88. The van der Waals surface area contributed by atoms with Crippen LogP contribution in [-0.2, 0) is 9.84 Å². The van der Waals surface area contributed by atoms with E-state index in [0.29, 0.717) is 11.4 Å². The van der Waals surface area contributed by atoms with Gasteiger partial charge in [-0.25, -0.2) is 13.4 Å². The van der Waals surface area contributed by atoms with Crippen LogP contribution in [0, 0.1) is 13.8 Å². The summed E-state index contributed by atoms with van der Waals surface area (Å²) in [4.78, 5) is 11.6. The third-order valence-electron chi connectivity index (χ3n) is 2.76. The molecule has 0 aliphatic heterocycles. The number of aryl methyl sites for hydroxylation is 2. The Bertz CT molecular complexity index is 674. The number of imidazole rings is 1. The zero-order valence-corrected chi connectivity index (χ0v) is 11.4. The van der Waals surface area contributed by atoms with Gasteiger partial charge in [0.15, 0.2) is 9.84 Å². The first-order chi connectivity index (χ1) is 8.45. The van der Waals surface area contributed by atoms with E-state index in [2.05, 4.69) is 15.0 Å². The fraction of sp³-hybridized carbons (Fsp3) is 0.333. The van der Waals surface area contributed by atoms with Crippen molar-refractivity contribution >= 4 is 9.84 Å². The smallest absolute Gasteiger partial charge is 0.180 e. The molecule has 18 heavy (non-hydrogen) atoms. The molecule has 0 spiro atoms. The molecule has 96 valence electrons. The van der Waals surface area contributed by atoms with Gasteiger partial charge in [0.2, 0.25) is 0 Å². The van der Waals surface area contributed by atoms with Crippen LogP contribution < -0.4 is 0 Å². The van der Waals surface area contributed by atoms with E-state index in [-0.39, 0.29) is 10.6 Å². The summed E-state index contributed by atoms with van der Waals surface area (Å²) < 4.78 is 24.2. The van der Waals surface area contributed by atoms with Gasteiger partial charge >= 0.3 is 0 Å². The number of aromatic nitrogens is 3. The lowest BCUT2D eigenvalue weighted by Gasteiger charge is -2.08. The van der Waals surface area contributed by atoms with Gasteiger partial charge in [0.05, 0.1) is 17.0 Å². The highest BCUT2D eigenvalue weighted by molar-refractivity contribution is 7.91. The lowest BCUT2D eigenvalue weighted by atomic mass is 10.2. The fourth-order valence-corrected chi connectivity index (χ4v) is 2.83. The van der Waals surface area contributed by atoms with Crippen molar-refractivity contribution in [1.29, 1.82) is 0 Å². The van der Waals surface area contributed by atoms with Crippen molar-refractivity contribution in [2.24, 2.45) is 0 Å². The van der Waals surface area contributed by atoms with Crippen molar-refractivity contribution < 1.29 is 8.42 Å². The minimum Gasteiger partial charge on any atom is -0.348 e. The van der Waals surface area contributed by atoms with Crippen LogP contribution >= 0.6 is 0 Å². The van der Waals surface area contributed by atoms with Gasteiger partial charge in [0, 0.05) is 11.9 Å². The number of aromatic amines is 1. The zero-order valence-electron chi connectivity index (χ0n) is 10.6. The molecule has 0 amide bonds. The number of nitrogens with one attached hydrogen (secondary N) is 1. The topological polar surface area (TPSA) is 75.7 Å². The molecule has 0 aromatic carbocycles. The van der Waals surface area contributed by atoms with Gasteiger partial charge in [-0.05, 0) is 25.5 Å². The third kappa shape index (κ3) is 2.15. The number of pyridine rings is 1. The molecule has 2 aromatic rings. The van der Waals surface area contributed by atoms with E-state index in [4.69, 9.17) is 0 Å². The van der Waals surface area contributed by atoms with Crippen molar-refractivity contribution in [2.45, 2.75) is 25.7 Å². The molecular weight excluding hydrogens is 250 g/mol. The zero-order chi connectivity index (χ0) is 13.3. The summed E-state index contributed by atoms with van der Waals surface area (Å²) in [5.41, 5.74) is 2.63. The molecule has 2 rings (SSSR count). The minimum atomic E-state index is -3.31. The second-order valence-corrected chi connectivity index (χ2v) is 6.39. The molecule has 2 heterocycles. The first kappa shape index (κ1) is 12.8. The van der Waals surface area contributed by atoms with Crippen LogP contribution in [-0.4, -0.2) is 29.1 Å². The molecule has 6 heteroatoms. The van der Waals surface area contributed by atoms with Crippen molar-refractivity contribution in [2.75, 3.05) is 5.75 Å². The maximum Gasteiger partial charge on any atom is 0.180 e. The molecule has 0 aliphatic rings. The van der Waals surface area contributed by atoms with Crippen LogP contribution in [0.25, 0.3) is 11.4 Å². The van der Waals surface area contributed by atoms with E-state index in [0.717, 1.165) is 11.3 Å². The van der Waals surface area contributed by atoms with Crippen LogP contribution in [0.1, 0.15) is 18.2 Å². The van der Waals surface area contributed by atoms with Gasteiger partial charge < -0.3 is 4.98 Å². The van der Waals surface area contributed by atoms with E-state index in [9.17, 15) is 8.42 Å². The standard InChI is InChI=1S/C12H15N3O2S/c1-4-18(16,17)10-5-8(2)6-13-12(10)11-9(3)14-7-15-11/h5-7H,4H2,1-3H3,(H,14,15). The summed E-state index contributed by atoms with van der Waals surface area (Å²) >= 11 is 0. The number of nitrogens with zero attached hydrogens (tertiary/aromatic N) is 2. The predicted molar refractivity (Wildman–Crippen MR) is 69.0 cm³/mol. The van der Waals surface area contributed by atoms with Gasteiger partial charge in [-0.15, -0.1) is 0 Å². The maximum absolute atomic E-state index is 12.1. The molecule has 0 atom stereocenters. The number of hydrogen-bond donors (Lipinski definition) is 1. The number of rotatable bonds is 3. The first-order valence-electron chi connectivity index (χ1n) is 5.65. The Labute approximate surface area is 106 Å². The van der Waals surface area contributed by atoms with Gasteiger partial charge in [-0.2, -0.15) is 0 Å². The Morgan fingerprint density at radius 1 is 1.22 bits per heavy atom. The number of H-pyrrole nitrogens is 1. The quantitative estimate of drug-likeness (QED) is 0.919. The van der Waals surface area contributed by atoms with Crippen LogP contribution in [0.2, 0.25) is 0 Å². The molecule has 0 radical (unpaired) electrons. The Morgan fingerprint density at radius 2 is 1.94 bits per heavy atom. The fourth-order valence-electron chi connectivity index (χ4n) is 1.71. The molecule has 0 unspecified atom stereocenters. The van der Waals surface area contributed by atoms with Crippen LogP contribution in [0.5, 0.6) is 0 Å². The SMILES string of the molecule is CCS(=O)(=O)c1cc(C)cnc1-c1nc[nH]c1C. The Kier molecular flexibility index (Phi) is 3.21. The summed E-state index contributed by atoms with van der Waals surface area (Å²) in [7, 11) is -3.31. The highest BCUT2D eigenvalue weighted by Crippen LogP contribution is 2.27. The average molecular weight is 265 g/mol. The second kappa shape index (κ2) is 4.53. The molecule has 0 saturated carbocycles. The van der Waals surface area contributed by atoms with E-state index >= 15 is 0 Å². The molecule has 2 aromatic heterocycles. The highest BCUT2D eigenvalue weighted by Gasteiger charge is 2.21. The second-order valence-electron chi connectivity index (χ2n) is 4.14. The lowest BCUT2D eigenvalue weighted by Crippen LogP contribution is -2.07. The van der Waals surface area contributed by atoms with Gasteiger partial charge in [-0.1, -0.05) is 6.92 Å². The van der Waals surface area contributed by atoms with E-state index in [1.54, 1.807) is 19.2 Å². The van der Waals surface area contributed by atoms with Crippen molar-refractivity contribution in [3.8, 4) is 11.4 Å². The Morgan fingerprint density at radius 3 is 2.50 bits per heavy atom. The summed E-state index contributed by atoms with van der Waals surface area (Å²) in [6.07, 6.45) is 3.19. The molecule has 0 bridgehead atoms. The molecule has 1 N–H and O–H groups in total. The molecular formula is C12H15N3O2S. The normalized spacial score (nSPS) is 11.7. The Balaban J connectivity index is 2.73. The van der Waals surface area contributed by atoms with Crippen LogP contribution in [0.4, 0.5) is 0 Å². The van der Waals surface area contributed by atoms with Crippen molar-refractivity contribution in [3.05, 3.63) is 29.8 Å². The minimum absolute atomic E-state index is 0.0502. The molecule has 0 saturated heterocycles. The molecule has 5 nitrogen and oxygen atoms in total. The summed E-state index contributed by atoms with van der Waals surface area (Å²) in [6, 6.07) is 1.65. The molecule has 0 aliphatic carbocycles. The van der Waals surface area contributed by atoms with Gasteiger partial charge in [0.25, 0.3) is 0 Å².